The van der Waals surface area contributed by atoms with Crippen LogP contribution in [0.2, 0.25) is 5.02 Å². The van der Waals surface area contributed by atoms with Gasteiger partial charge in [-0.2, -0.15) is 5.10 Å². The third kappa shape index (κ3) is 5.04. The Morgan fingerprint density at radius 2 is 1.88 bits per heavy atom. The van der Waals surface area contributed by atoms with E-state index < -0.39 is 36.1 Å². The van der Waals surface area contributed by atoms with Crippen LogP contribution in [0.1, 0.15) is 30.1 Å². The molecule has 3 aromatic rings. The van der Waals surface area contributed by atoms with Gasteiger partial charge in [0.15, 0.2) is 12.2 Å². The maximum absolute atomic E-state index is 12.9. The number of halogens is 1. The molecule has 2 heterocycles. The first-order valence-electron chi connectivity index (χ1n) is 10.8. The molecule has 0 saturated heterocycles. The Labute approximate surface area is 202 Å². The Kier molecular flexibility index (Phi) is 7.12. The minimum atomic E-state index is -1.92. The lowest BCUT2D eigenvalue weighted by Gasteiger charge is -2.29. The lowest BCUT2D eigenvalue weighted by molar-refractivity contribution is -0.153. The van der Waals surface area contributed by atoms with Gasteiger partial charge >= 0.3 is 0 Å². The number of nitrogens with zero attached hydrogens (tertiary/aromatic N) is 3. The van der Waals surface area contributed by atoms with E-state index in [0.717, 1.165) is 16.8 Å². The van der Waals surface area contributed by atoms with Crippen LogP contribution >= 0.6 is 11.6 Å². The molecule has 4 rings (SSSR count). The minimum absolute atomic E-state index is 0.250. The van der Waals surface area contributed by atoms with E-state index in [2.05, 4.69) is 10.4 Å². The van der Waals surface area contributed by atoms with Crippen LogP contribution in [0.5, 0.6) is 0 Å². The quantitative estimate of drug-likeness (QED) is 0.450. The van der Waals surface area contributed by atoms with Crippen molar-refractivity contribution in [2.75, 3.05) is 6.54 Å². The number of aromatic nitrogens is 2. The number of hydrogen-bond donors (Lipinski definition) is 3. The summed E-state index contributed by atoms with van der Waals surface area (Å²) in [5.41, 5.74) is 2.43. The van der Waals surface area contributed by atoms with Gasteiger partial charge in [-0.15, -0.1) is 0 Å². The predicted molar refractivity (Wildman–Crippen MR) is 127 cm³/mol. The number of carbonyl (C=O) groups excluding carboxylic acids is 2. The second-order valence-corrected chi connectivity index (χ2v) is 8.52. The molecule has 2 amide bonds. The van der Waals surface area contributed by atoms with Crippen LogP contribution in [0, 0.1) is 0 Å². The molecule has 0 aliphatic carbocycles. The fourth-order valence-electron chi connectivity index (χ4n) is 3.90. The second-order valence-electron chi connectivity index (χ2n) is 8.08. The van der Waals surface area contributed by atoms with Crippen molar-refractivity contribution in [2.45, 2.75) is 31.2 Å². The van der Waals surface area contributed by atoms with Crippen LogP contribution in [0.3, 0.4) is 0 Å². The van der Waals surface area contributed by atoms with Gasteiger partial charge in [0.2, 0.25) is 0 Å². The Morgan fingerprint density at radius 1 is 1.12 bits per heavy atom. The predicted octanol–water partition coefficient (Wildman–Crippen LogP) is 2.56. The number of nitrogens with one attached hydrogen (secondary N) is 1. The van der Waals surface area contributed by atoms with Crippen molar-refractivity contribution in [3.8, 4) is 5.69 Å². The van der Waals surface area contributed by atoms with Gasteiger partial charge in [-0.3, -0.25) is 9.59 Å². The molecule has 1 aliphatic heterocycles. The van der Waals surface area contributed by atoms with Crippen molar-refractivity contribution in [3.63, 3.8) is 0 Å². The minimum Gasteiger partial charge on any atom is -0.380 e. The van der Waals surface area contributed by atoms with E-state index in [-0.39, 0.29) is 6.54 Å². The Bertz CT molecular complexity index is 1180. The third-order valence-electron chi connectivity index (χ3n) is 5.77. The average molecular weight is 481 g/mol. The highest BCUT2D eigenvalue weighted by Gasteiger charge is 2.37. The standard InChI is InChI=1S/C25H25ClN4O4/c1-16(17-8-10-20(11-9-17)30-14-4-12-27-30)28-24(33)22(31)23(32)25(34)29-13-3-7-21(29)18-5-2-6-19(26)15-18/h2-12,14-16,21-23,31-32H,13H2,1H3,(H,28,33)/t16-,21?,22-,23-/m1/s1. The third-order valence-corrected chi connectivity index (χ3v) is 6.01. The summed E-state index contributed by atoms with van der Waals surface area (Å²) in [5.74, 6) is -1.58. The smallest absolute Gasteiger partial charge is 0.255 e. The Morgan fingerprint density at radius 3 is 2.56 bits per heavy atom. The molecular formula is C25H25ClN4O4. The molecule has 0 bridgehead atoms. The highest BCUT2D eigenvalue weighted by Crippen LogP contribution is 2.29. The van der Waals surface area contributed by atoms with Crippen LogP contribution in [-0.4, -0.2) is 55.5 Å². The summed E-state index contributed by atoms with van der Waals surface area (Å²) in [6, 6.07) is 15.4. The molecule has 0 spiro atoms. The summed E-state index contributed by atoms with van der Waals surface area (Å²) in [7, 11) is 0. The van der Waals surface area contributed by atoms with E-state index in [0.29, 0.717) is 5.02 Å². The highest BCUT2D eigenvalue weighted by atomic mass is 35.5. The molecule has 0 fully saturated rings. The lowest BCUT2D eigenvalue weighted by Crippen LogP contribution is -2.51. The summed E-state index contributed by atoms with van der Waals surface area (Å²) in [4.78, 5) is 26.9. The van der Waals surface area contributed by atoms with E-state index in [1.807, 2.05) is 48.7 Å². The zero-order chi connectivity index (χ0) is 24.2. The molecule has 1 aliphatic rings. The monoisotopic (exact) mass is 480 g/mol. The van der Waals surface area contributed by atoms with Crippen molar-refractivity contribution in [1.82, 2.24) is 20.0 Å². The zero-order valence-electron chi connectivity index (χ0n) is 18.5. The number of benzene rings is 2. The summed E-state index contributed by atoms with van der Waals surface area (Å²) in [6.45, 7) is 2.00. The van der Waals surface area contributed by atoms with Crippen molar-refractivity contribution < 1.29 is 19.8 Å². The molecular weight excluding hydrogens is 456 g/mol. The second kappa shape index (κ2) is 10.2. The average Bonchev–Trinajstić information content (AvgIpc) is 3.55. The molecule has 9 heteroatoms. The highest BCUT2D eigenvalue weighted by molar-refractivity contribution is 6.30. The van der Waals surface area contributed by atoms with Gasteiger partial charge in [0, 0.05) is 24.0 Å². The summed E-state index contributed by atoms with van der Waals surface area (Å²) < 4.78 is 1.71. The summed E-state index contributed by atoms with van der Waals surface area (Å²) in [6.07, 6.45) is 3.28. The van der Waals surface area contributed by atoms with E-state index in [1.54, 1.807) is 42.1 Å². The normalized spacial score (nSPS) is 17.9. The number of rotatable bonds is 7. The molecule has 2 aromatic carbocycles. The molecule has 34 heavy (non-hydrogen) atoms. The van der Waals surface area contributed by atoms with E-state index in [1.165, 1.54) is 4.90 Å². The maximum atomic E-state index is 12.9. The van der Waals surface area contributed by atoms with Gasteiger partial charge in [0.1, 0.15) is 0 Å². The summed E-state index contributed by atoms with van der Waals surface area (Å²) >= 11 is 6.06. The first kappa shape index (κ1) is 23.7. The van der Waals surface area contributed by atoms with Crippen LogP contribution in [0.15, 0.2) is 79.1 Å². The number of hydrogen-bond acceptors (Lipinski definition) is 5. The molecule has 176 valence electrons. The van der Waals surface area contributed by atoms with E-state index in [4.69, 9.17) is 11.6 Å². The summed E-state index contributed by atoms with van der Waals surface area (Å²) in [5, 5.41) is 28.3. The van der Waals surface area contributed by atoms with Crippen LogP contribution < -0.4 is 5.32 Å². The van der Waals surface area contributed by atoms with Crippen LogP contribution in [-0.2, 0) is 9.59 Å². The fourth-order valence-corrected chi connectivity index (χ4v) is 4.10. The van der Waals surface area contributed by atoms with Gasteiger partial charge in [0.25, 0.3) is 11.8 Å². The van der Waals surface area contributed by atoms with Crippen molar-refractivity contribution in [2.24, 2.45) is 0 Å². The van der Waals surface area contributed by atoms with E-state index in [9.17, 15) is 19.8 Å². The van der Waals surface area contributed by atoms with Crippen LogP contribution in [0.25, 0.3) is 5.69 Å². The zero-order valence-corrected chi connectivity index (χ0v) is 19.2. The van der Waals surface area contributed by atoms with Gasteiger partial charge in [-0.1, -0.05) is 48.0 Å². The molecule has 0 saturated carbocycles. The van der Waals surface area contributed by atoms with Gasteiger partial charge in [-0.05, 0) is 48.4 Å². The van der Waals surface area contributed by atoms with Crippen LogP contribution in [0.4, 0.5) is 0 Å². The maximum Gasteiger partial charge on any atom is 0.255 e. The van der Waals surface area contributed by atoms with E-state index >= 15 is 0 Å². The number of aliphatic hydroxyl groups is 2. The Hall–Kier alpha value is -3.46. The Balaban J connectivity index is 1.38. The van der Waals surface area contributed by atoms with Gasteiger partial charge in [-0.25, -0.2) is 4.68 Å². The topological polar surface area (TPSA) is 108 Å². The molecule has 4 atom stereocenters. The number of carbonyl (C=O) groups is 2. The SMILES string of the molecule is C[C@@H](NC(=O)[C@H](O)[C@@H](O)C(=O)N1CC=CC1c1cccc(Cl)c1)c1ccc(-n2cccn2)cc1. The fraction of sp³-hybridized carbons (Fsp3) is 0.240. The van der Waals surface area contributed by atoms with Crippen molar-refractivity contribution in [1.29, 1.82) is 0 Å². The van der Waals surface area contributed by atoms with Gasteiger partial charge in [0.05, 0.1) is 17.8 Å². The molecule has 8 nitrogen and oxygen atoms in total. The molecule has 0 radical (unpaired) electrons. The largest absolute Gasteiger partial charge is 0.380 e. The molecule has 1 unspecified atom stereocenters. The van der Waals surface area contributed by atoms with Crippen molar-refractivity contribution in [3.05, 3.63) is 95.3 Å². The number of aliphatic hydroxyl groups excluding tert-OH is 2. The first-order chi connectivity index (χ1) is 16.3. The molecule has 1 aromatic heterocycles. The van der Waals surface area contributed by atoms with Gasteiger partial charge < -0.3 is 20.4 Å². The number of amides is 2. The first-order valence-corrected chi connectivity index (χ1v) is 11.2. The lowest BCUT2D eigenvalue weighted by atomic mass is 10.0. The van der Waals surface area contributed by atoms with Crippen molar-refractivity contribution >= 4 is 23.4 Å². The molecule has 3 N–H and O–H groups in total.